The summed E-state index contributed by atoms with van der Waals surface area (Å²) >= 11 is 12.3. The lowest BCUT2D eigenvalue weighted by atomic mass is 9.94. The maximum atomic E-state index is 14.5. The maximum Gasteiger partial charge on any atom is 0.338 e. The number of carbonyl (C=O) groups is 1. The van der Waals surface area contributed by atoms with Crippen molar-refractivity contribution in [1.29, 1.82) is 0 Å². The van der Waals surface area contributed by atoms with E-state index >= 15 is 0 Å². The molecular formula is C24H26Cl2FNO3. The molecule has 1 heterocycles. The lowest BCUT2D eigenvalue weighted by molar-refractivity contribution is -0.101. The van der Waals surface area contributed by atoms with Crippen molar-refractivity contribution < 1.29 is 19.0 Å². The molecule has 2 aliphatic rings. The Morgan fingerprint density at radius 2 is 1.87 bits per heavy atom. The molecule has 2 aromatic carbocycles. The summed E-state index contributed by atoms with van der Waals surface area (Å²) in [5.74, 6) is -1.58. The molecule has 31 heavy (non-hydrogen) atoms. The number of morpholine rings is 1. The number of carboxylic acids is 1. The summed E-state index contributed by atoms with van der Waals surface area (Å²) in [6.45, 7) is 5.98. The molecule has 2 fully saturated rings. The first-order valence-corrected chi connectivity index (χ1v) is 11.3. The Morgan fingerprint density at radius 3 is 2.48 bits per heavy atom. The van der Waals surface area contributed by atoms with Crippen LogP contribution in [0.4, 0.5) is 4.39 Å². The minimum absolute atomic E-state index is 0.0462. The predicted octanol–water partition coefficient (Wildman–Crippen LogP) is 5.93. The largest absolute Gasteiger partial charge is 0.478 e. The Hall–Kier alpha value is -1.66. The van der Waals surface area contributed by atoms with E-state index in [0.717, 1.165) is 29.5 Å². The summed E-state index contributed by atoms with van der Waals surface area (Å²) < 4.78 is 20.6. The lowest BCUT2D eigenvalue weighted by Gasteiger charge is -2.45. The van der Waals surface area contributed by atoms with E-state index < -0.39 is 11.8 Å². The zero-order valence-electron chi connectivity index (χ0n) is 17.6. The Bertz CT molecular complexity index is 986. The van der Waals surface area contributed by atoms with Gasteiger partial charge in [0.25, 0.3) is 0 Å². The highest BCUT2D eigenvalue weighted by Gasteiger charge is 2.37. The van der Waals surface area contributed by atoms with Crippen LogP contribution in [0.5, 0.6) is 0 Å². The number of benzene rings is 2. The average Bonchev–Trinajstić information content (AvgIpc) is 3.49. The third kappa shape index (κ3) is 5.23. The van der Waals surface area contributed by atoms with Crippen molar-refractivity contribution >= 4 is 29.2 Å². The van der Waals surface area contributed by atoms with Crippen molar-refractivity contribution in [2.75, 3.05) is 13.2 Å². The van der Waals surface area contributed by atoms with E-state index in [1.807, 2.05) is 12.1 Å². The highest BCUT2D eigenvalue weighted by molar-refractivity contribution is 6.34. The van der Waals surface area contributed by atoms with Crippen LogP contribution in [0.1, 0.15) is 59.7 Å². The average molecular weight is 466 g/mol. The fourth-order valence-corrected chi connectivity index (χ4v) is 4.84. The van der Waals surface area contributed by atoms with Crippen LogP contribution in [0.3, 0.4) is 0 Å². The van der Waals surface area contributed by atoms with Gasteiger partial charge in [0.2, 0.25) is 0 Å². The van der Waals surface area contributed by atoms with Gasteiger partial charge in [-0.25, -0.2) is 9.18 Å². The van der Waals surface area contributed by atoms with Crippen LogP contribution >= 0.6 is 23.2 Å². The van der Waals surface area contributed by atoms with Gasteiger partial charge >= 0.3 is 5.97 Å². The quantitative estimate of drug-likeness (QED) is 0.574. The van der Waals surface area contributed by atoms with Gasteiger partial charge in [-0.05, 0) is 86.1 Å². The van der Waals surface area contributed by atoms with Crippen LogP contribution in [-0.2, 0) is 17.7 Å². The summed E-state index contributed by atoms with van der Waals surface area (Å²) in [5, 5.41) is 10.5. The third-order valence-corrected chi connectivity index (χ3v) is 6.61. The molecule has 0 amide bonds. The summed E-state index contributed by atoms with van der Waals surface area (Å²) in [4.78, 5) is 13.7. The molecule has 0 spiro atoms. The monoisotopic (exact) mass is 465 g/mol. The molecule has 0 radical (unpaired) electrons. The summed E-state index contributed by atoms with van der Waals surface area (Å²) in [5.41, 5.74) is 2.36. The molecular weight excluding hydrogens is 440 g/mol. The van der Waals surface area contributed by atoms with E-state index in [1.165, 1.54) is 12.1 Å². The summed E-state index contributed by atoms with van der Waals surface area (Å²) in [6.07, 6.45) is 2.66. The fourth-order valence-electron chi connectivity index (χ4n) is 4.26. The van der Waals surface area contributed by atoms with Gasteiger partial charge in [0.05, 0.1) is 18.3 Å². The van der Waals surface area contributed by atoms with Crippen molar-refractivity contribution in [3.05, 3.63) is 68.4 Å². The van der Waals surface area contributed by atoms with Crippen LogP contribution in [0, 0.1) is 5.82 Å². The van der Waals surface area contributed by atoms with Crippen molar-refractivity contribution in [2.24, 2.45) is 0 Å². The van der Waals surface area contributed by atoms with Gasteiger partial charge in [0, 0.05) is 28.7 Å². The lowest BCUT2D eigenvalue weighted by Crippen LogP contribution is -2.56. The standard InChI is InChI=1S/C24H26Cl2FNO3/c1-24(2)13-31-19(7-14-5-17(25)9-18(26)6-14)12-28(24)11-16-8-22(27)21(23(29)30)10-20(16)15-3-4-15/h5-6,8-10,15,19H,3-4,7,11-13H2,1-2H3,(H,29,30)/t19-/m1/s1. The van der Waals surface area contributed by atoms with Gasteiger partial charge in [-0.3, -0.25) is 4.90 Å². The molecule has 1 aliphatic heterocycles. The Balaban J connectivity index is 1.56. The second-order valence-corrected chi connectivity index (χ2v) is 10.1. The SMILES string of the molecule is CC1(C)CO[C@H](Cc2cc(Cl)cc(Cl)c2)CN1Cc1cc(F)c(C(=O)O)cc1C1CC1. The fraction of sp³-hybridized carbons (Fsp3) is 0.458. The first kappa shape index (κ1) is 22.5. The number of ether oxygens (including phenoxy) is 1. The van der Waals surface area contributed by atoms with E-state index in [0.29, 0.717) is 42.1 Å². The number of rotatable bonds is 6. The molecule has 4 rings (SSSR count). The second kappa shape index (κ2) is 8.70. The van der Waals surface area contributed by atoms with E-state index in [1.54, 1.807) is 6.07 Å². The van der Waals surface area contributed by atoms with Crippen molar-refractivity contribution in [3.8, 4) is 0 Å². The van der Waals surface area contributed by atoms with Crippen LogP contribution in [0.15, 0.2) is 30.3 Å². The third-order valence-electron chi connectivity index (χ3n) is 6.18. The highest BCUT2D eigenvalue weighted by Crippen LogP contribution is 2.43. The Kier molecular flexibility index (Phi) is 6.32. The van der Waals surface area contributed by atoms with E-state index in [4.69, 9.17) is 27.9 Å². The number of nitrogens with zero attached hydrogens (tertiary/aromatic N) is 1. The van der Waals surface area contributed by atoms with E-state index in [2.05, 4.69) is 18.7 Å². The Morgan fingerprint density at radius 1 is 1.19 bits per heavy atom. The number of aromatic carboxylic acids is 1. The summed E-state index contributed by atoms with van der Waals surface area (Å²) in [6, 6.07) is 8.44. The molecule has 7 heteroatoms. The van der Waals surface area contributed by atoms with Gasteiger partial charge in [0.15, 0.2) is 0 Å². The van der Waals surface area contributed by atoms with Gasteiger partial charge in [-0.2, -0.15) is 0 Å². The van der Waals surface area contributed by atoms with Crippen LogP contribution < -0.4 is 0 Å². The molecule has 1 N–H and O–H groups in total. The highest BCUT2D eigenvalue weighted by atomic mass is 35.5. The molecule has 166 valence electrons. The molecule has 1 saturated heterocycles. The number of halogens is 3. The first-order valence-electron chi connectivity index (χ1n) is 10.5. The number of hydrogen-bond acceptors (Lipinski definition) is 3. The van der Waals surface area contributed by atoms with Crippen LogP contribution in [-0.4, -0.2) is 40.8 Å². The van der Waals surface area contributed by atoms with Crippen molar-refractivity contribution in [2.45, 2.75) is 57.2 Å². The van der Waals surface area contributed by atoms with Crippen molar-refractivity contribution in [3.63, 3.8) is 0 Å². The molecule has 1 atom stereocenters. The molecule has 1 saturated carbocycles. The Labute approximate surface area is 191 Å². The smallest absolute Gasteiger partial charge is 0.338 e. The van der Waals surface area contributed by atoms with E-state index in [-0.39, 0.29) is 17.2 Å². The number of hydrogen-bond donors (Lipinski definition) is 1. The molecule has 1 aliphatic carbocycles. The zero-order chi connectivity index (χ0) is 22.3. The zero-order valence-corrected chi connectivity index (χ0v) is 19.1. The normalized spacial score (nSPS) is 21.3. The van der Waals surface area contributed by atoms with Gasteiger partial charge in [-0.1, -0.05) is 23.2 Å². The van der Waals surface area contributed by atoms with Gasteiger partial charge in [-0.15, -0.1) is 0 Å². The maximum absolute atomic E-state index is 14.5. The van der Waals surface area contributed by atoms with Crippen molar-refractivity contribution in [1.82, 2.24) is 4.90 Å². The molecule has 4 nitrogen and oxygen atoms in total. The molecule has 2 aromatic rings. The minimum atomic E-state index is -1.22. The first-order chi connectivity index (χ1) is 14.6. The van der Waals surface area contributed by atoms with Gasteiger partial charge < -0.3 is 9.84 Å². The molecule has 0 bridgehead atoms. The van der Waals surface area contributed by atoms with E-state index in [9.17, 15) is 14.3 Å². The van der Waals surface area contributed by atoms with Crippen LogP contribution in [0.2, 0.25) is 10.0 Å². The minimum Gasteiger partial charge on any atom is -0.478 e. The summed E-state index contributed by atoms with van der Waals surface area (Å²) in [7, 11) is 0. The predicted molar refractivity (Wildman–Crippen MR) is 120 cm³/mol. The second-order valence-electron chi connectivity index (χ2n) is 9.22. The van der Waals surface area contributed by atoms with Crippen LogP contribution in [0.25, 0.3) is 0 Å². The molecule has 0 aromatic heterocycles. The van der Waals surface area contributed by atoms with Gasteiger partial charge in [0.1, 0.15) is 5.82 Å². The topological polar surface area (TPSA) is 49.8 Å². The number of carboxylic acid groups (broad SMARTS) is 1. The molecule has 0 unspecified atom stereocenters.